The summed E-state index contributed by atoms with van der Waals surface area (Å²) >= 11 is 7.92. The van der Waals surface area contributed by atoms with Crippen molar-refractivity contribution in [2.24, 2.45) is 7.05 Å². The van der Waals surface area contributed by atoms with E-state index < -0.39 is 11.9 Å². The quantitative estimate of drug-likeness (QED) is 0.347. The number of alkyl halides is 3. The second-order valence-corrected chi connectivity index (χ2v) is 7.51. The van der Waals surface area contributed by atoms with Gasteiger partial charge in [0.05, 0.1) is 15.7 Å². The lowest BCUT2D eigenvalue weighted by Gasteiger charge is -2.13. The van der Waals surface area contributed by atoms with Gasteiger partial charge in [-0.25, -0.2) is 9.97 Å². The Kier molecular flexibility index (Phi) is 6.52. The summed E-state index contributed by atoms with van der Waals surface area (Å²) in [7, 11) is 1.52. The van der Waals surface area contributed by atoms with Crippen molar-refractivity contribution in [1.29, 1.82) is 0 Å². The largest absolute Gasteiger partial charge is 0.493 e. The molecular formula is C18H16ClF3IN5O. The lowest BCUT2D eigenvalue weighted by molar-refractivity contribution is -0.140. The highest BCUT2D eigenvalue weighted by atomic mass is 127. The first-order valence-corrected chi connectivity index (χ1v) is 9.93. The van der Waals surface area contributed by atoms with Crippen molar-refractivity contribution in [3.63, 3.8) is 0 Å². The molecule has 1 N–H and O–H groups in total. The molecule has 3 aromatic rings. The van der Waals surface area contributed by atoms with Crippen LogP contribution in [0, 0.1) is 3.57 Å². The van der Waals surface area contributed by atoms with Gasteiger partial charge in [-0.05, 0) is 58.8 Å². The fourth-order valence-electron chi connectivity index (χ4n) is 2.64. The van der Waals surface area contributed by atoms with Gasteiger partial charge < -0.3 is 14.6 Å². The molecule has 154 valence electrons. The summed E-state index contributed by atoms with van der Waals surface area (Å²) in [6.07, 6.45) is -1.95. The molecule has 0 aliphatic rings. The second-order valence-electron chi connectivity index (χ2n) is 6.01. The maximum absolute atomic E-state index is 13.0. The van der Waals surface area contributed by atoms with Crippen molar-refractivity contribution >= 4 is 40.0 Å². The number of nitrogens with one attached hydrogen (secondary N) is 1. The average Bonchev–Trinajstić information content (AvgIpc) is 3.05. The van der Waals surface area contributed by atoms with E-state index in [9.17, 15) is 13.2 Å². The number of rotatable bonds is 6. The van der Waals surface area contributed by atoms with Gasteiger partial charge in [-0.1, -0.05) is 6.07 Å². The first-order valence-electron chi connectivity index (χ1n) is 8.47. The second kappa shape index (κ2) is 8.74. The molecule has 0 bridgehead atoms. The van der Waals surface area contributed by atoms with E-state index >= 15 is 0 Å². The molecule has 0 aliphatic heterocycles. The Balaban J connectivity index is 1.89. The monoisotopic (exact) mass is 537 g/mol. The number of hydrogen-bond acceptors (Lipinski definition) is 5. The van der Waals surface area contributed by atoms with Crippen LogP contribution in [-0.2, 0) is 19.8 Å². The lowest BCUT2D eigenvalue weighted by Crippen LogP contribution is -2.06. The Morgan fingerprint density at radius 2 is 2.03 bits per heavy atom. The minimum atomic E-state index is -4.51. The first-order chi connectivity index (χ1) is 13.7. The van der Waals surface area contributed by atoms with E-state index in [4.69, 9.17) is 16.3 Å². The van der Waals surface area contributed by atoms with Gasteiger partial charge in [-0.3, -0.25) is 0 Å². The summed E-state index contributed by atoms with van der Waals surface area (Å²) in [6, 6.07) is 5.26. The molecule has 3 rings (SSSR count). The van der Waals surface area contributed by atoms with Gasteiger partial charge in [0.25, 0.3) is 0 Å². The maximum atomic E-state index is 13.0. The Bertz CT molecular complexity index is 1030. The third-order valence-corrected chi connectivity index (χ3v) is 4.90. The molecule has 2 aromatic heterocycles. The van der Waals surface area contributed by atoms with Crippen LogP contribution in [0.3, 0.4) is 0 Å². The van der Waals surface area contributed by atoms with Crippen LogP contribution in [0.4, 0.5) is 19.0 Å². The predicted molar refractivity (Wildman–Crippen MR) is 112 cm³/mol. The summed E-state index contributed by atoms with van der Waals surface area (Å²) in [6.45, 7) is 2.58. The minimum absolute atomic E-state index is 0.133. The number of anilines is 1. The zero-order valence-corrected chi connectivity index (χ0v) is 18.3. The van der Waals surface area contributed by atoms with Crippen molar-refractivity contribution in [3.8, 4) is 17.1 Å². The summed E-state index contributed by atoms with van der Waals surface area (Å²) < 4.78 is 46.8. The zero-order valence-electron chi connectivity index (χ0n) is 15.4. The SMILES string of the molecule is CCOc1cc(CNc2nc(Cl)ncc2I)ccc1-c1nc(C(F)(F)F)cn1C. The summed E-state index contributed by atoms with van der Waals surface area (Å²) in [5, 5.41) is 3.30. The number of halogens is 5. The third kappa shape index (κ3) is 5.10. The number of aromatic nitrogens is 4. The van der Waals surface area contributed by atoms with Crippen LogP contribution in [0.25, 0.3) is 11.4 Å². The van der Waals surface area contributed by atoms with E-state index in [1.54, 1.807) is 31.3 Å². The molecule has 0 fully saturated rings. The van der Waals surface area contributed by atoms with Gasteiger partial charge in [0.2, 0.25) is 5.28 Å². The Labute approximate surface area is 183 Å². The molecule has 0 unspecified atom stereocenters. The lowest BCUT2D eigenvalue weighted by atomic mass is 10.1. The van der Waals surface area contributed by atoms with Gasteiger partial charge in [0, 0.05) is 26.0 Å². The predicted octanol–water partition coefficient (Wildman–Crippen LogP) is 5.16. The van der Waals surface area contributed by atoms with Crippen molar-refractivity contribution in [1.82, 2.24) is 19.5 Å². The number of aryl methyl sites for hydroxylation is 1. The standard InChI is InChI=1S/C18H16ClF3IN5O/c1-3-29-13-6-10(7-24-15-12(23)8-25-17(19)27-15)4-5-11(13)16-26-14(9-28(16)2)18(20,21)22/h4-6,8-9H,3,7H2,1-2H3,(H,24,25,27). The van der Waals surface area contributed by atoms with Crippen LogP contribution in [0.2, 0.25) is 5.28 Å². The molecule has 0 radical (unpaired) electrons. The number of hydrogen-bond donors (Lipinski definition) is 1. The molecule has 0 amide bonds. The van der Waals surface area contributed by atoms with Crippen molar-refractivity contribution < 1.29 is 17.9 Å². The van der Waals surface area contributed by atoms with Crippen LogP contribution in [0.1, 0.15) is 18.2 Å². The van der Waals surface area contributed by atoms with E-state index in [1.165, 1.54) is 11.6 Å². The number of ether oxygens (including phenoxy) is 1. The van der Waals surface area contributed by atoms with Gasteiger partial charge >= 0.3 is 6.18 Å². The zero-order chi connectivity index (χ0) is 21.2. The van der Waals surface area contributed by atoms with Gasteiger partial charge in [0.1, 0.15) is 17.4 Å². The molecule has 11 heteroatoms. The van der Waals surface area contributed by atoms with Crippen LogP contribution in [0.15, 0.2) is 30.6 Å². The molecule has 0 saturated carbocycles. The molecule has 2 heterocycles. The van der Waals surface area contributed by atoms with Crippen LogP contribution >= 0.6 is 34.2 Å². The third-order valence-electron chi connectivity index (χ3n) is 3.93. The highest BCUT2D eigenvalue weighted by Crippen LogP contribution is 2.34. The molecule has 0 aliphatic carbocycles. The van der Waals surface area contributed by atoms with Crippen molar-refractivity contribution in [2.75, 3.05) is 11.9 Å². The molecular weight excluding hydrogens is 522 g/mol. The highest BCUT2D eigenvalue weighted by molar-refractivity contribution is 14.1. The Hall–Kier alpha value is -2.08. The van der Waals surface area contributed by atoms with Crippen molar-refractivity contribution in [2.45, 2.75) is 19.6 Å². The van der Waals surface area contributed by atoms with Gasteiger partial charge in [0.15, 0.2) is 5.69 Å². The van der Waals surface area contributed by atoms with E-state index in [2.05, 4.69) is 42.9 Å². The number of benzene rings is 1. The Morgan fingerprint density at radius 1 is 1.28 bits per heavy atom. The average molecular weight is 538 g/mol. The van der Waals surface area contributed by atoms with Crippen LogP contribution in [-0.4, -0.2) is 26.1 Å². The van der Waals surface area contributed by atoms with E-state index in [-0.39, 0.29) is 11.1 Å². The van der Waals surface area contributed by atoms with Crippen molar-refractivity contribution in [3.05, 3.63) is 50.7 Å². The van der Waals surface area contributed by atoms with Gasteiger partial charge in [-0.2, -0.15) is 18.2 Å². The van der Waals surface area contributed by atoms with Gasteiger partial charge in [-0.15, -0.1) is 0 Å². The van der Waals surface area contributed by atoms with Crippen LogP contribution in [0.5, 0.6) is 5.75 Å². The normalized spacial score (nSPS) is 11.6. The van der Waals surface area contributed by atoms with E-state index in [0.29, 0.717) is 30.3 Å². The fraction of sp³-hybridized carbons (Fsp3) is 0.278. The topological polar surface area (TPSA) is 64.9 Å². The smallest absolute Gasteiger partial charge is 0.434 e. The summed E-state index contributed by atoms with van der Waals surface area (Å²) in [5.74, 6) is 1.22. The first kappa shape index (κ1) is 21.6. The number of nitrogens with zero attached hydrogens (tertiary/aromatic N) is 4. The molecule has 6 nitrogen and oxygen atoms in total. The molecule has 0 saturated heterocycles. The van der Waals surface area contributed by atoms with E-state index in [0.717, 1.165) is 15.3 Å². The molecule has 1 aromatic carbocycles. The number of imidazole rings is 1. The fourth-order valence-corrected chi connectivity index (χ4v) is 3.23. The van der Waals surface area contributed by atoms with E-state index in [1.807, 2.05) is 0 Å². The summed E-state index contributed by atoms with van der Waals surface area (Å²) in [4.78, 5) is 11.8. The Morgan fingerprint density at radius 3 is 2.69 bits per heavy atom. The molecule has 0 atom stereocenters. The van der Waals surface area contributed by atoms with Crippen LogP contribution < -0.4 is 10.1 Å². The minimum Gasteiger partial charge on any atom is -0.493 e. The summed E-state index contributed by atoms with van der Waals surface area (Å²) in [5.41, 5.74) is 0.389. The highest BCUT2D eigenvalue weighted by Gasteiger charge is 2.34. The maximum Gasteiger partial charge on any atom is 0.434 e. The molecule has 29 heavy (non-hydrogen) atoms. The molecule has 0 spiro atoms.